The van der Waals surface area contributed by atoms with Crippen LogP contribution in [0.25, 0.3) is 11.4 Å². The fourth-order valence-electron chi connectivity index (χ4n) is 4.81. The van der Waals surface area contributed by atoms with Crippen molar-refractivity contribution in [3.8, 4) is 17.1 Å². The Bertz CT molecular complexity index is 1400. The van der Waals surface area contributed by atoms with Gasteiger partial charge in [0.15, 0.2) is 5.82 Å². The molecular weight excluding hydrogens is 486 g/mol. The van der Waals surface area contributed by atoms with E-state index in [4.69, 9.17) is 14.7 Å². The first-order chi connectivity index (χ1) is 19.0. The Morgan fingerprint density at radius 2 is 1.56 bits per heavy atom. The molecule has 7 nitrogen and oxygen atoms in total. The maximum absolute atomic E-state index is 13.0. The number of carbonyl (C=O) groups is 1. The number of ether oxygens (including phenoxy) is 1. The number of hydrogen-bond acceptors (Lipinski definition) is 5. The fourth-order valence-corrected chi connectivity index (χ4v) is 4.81. The van der Waals surface area contributed by atoms with Gasteiger partial charge >= 0.3 is 6.03 Å². The molecule has 1 N–H and O–H groups in total. The lowest BCUT2D eigenvalue weighted by atomic mass is 10.0. The number of urea groups is 1. The minimum Gasteiger partial charge on any atom is -0.494 e. The van der Waals surface area contributed by atoms with Crippen molar-refractivity contribution in [2.75, 3.05) is 43.0 Å². The average Bonchev–Trinajstić information content (AvgIpc) is 2.96. The normalized spacial score (nSPS) is 13.3. The number of hydrogen-bond donors (Lipinski definition) is 1. The summed E-state index contributed by atoms with van der Waals surface area (Å²) in [5.41, 5.74) is 6.30. The minimum absolute atomic E-state index is 0.0949. The van der Waals surface area contributed by atoms with E-state index >= 15 is 0 Å². The Kier molecular flexibility index (Phi) is 8.06. The maximum Gasteiger partial charge on any atom is 0.321 e. The summed E-state index contributed by atoms with van der Waals surface area (Å²) in [5.74, 6) is 2.48. The summed E-state index contributed by atoms with van der Waals surface area (Å²) in [7, 11) is 0. The molecule has 1 aromatic heterocycles. The van der Waals surface area contributed by atoms with Crippen LogP contribution in [-0.4, -0.2) is 53.7 Å². The lowest BCUT2D eigenvalue weighted by Crippen LogP contribution is -2.50. The Labute approximate surface area is 230 Å². The lowest BCUT2D eigenvalue weighted by Gasteiger charge is -2.36. The molecule has 4 aromatic rings. The predicted octanol–water partition coefficient (Wildman–Crippen LogP) is 6.10. The molecule has 1 aliphatic heterocycles. The van der Waals surface area contributed by atoms with Gasteiger partial charge in [-0.15, -0.1) is 0 Å². The Balaban J connectivity index is 1.34. The second kappa shape index (κ2) is 12.0. The Morgan fingerprint density at radius 1 is 0.872 bits per heavy atom. The number of carbonyl (C=O) groups excluding carboxylic acids is 1. The van der Waals surface area contributed by atoms with Gasteiger partial charge in [-0.05, 0) is 50.6 Å². The Hall–Kier alpha value is -4.39. The van der Waals surface area contributed by atoms with Crippen molar-refractivity contribution in [3.05, 3.63) is 101 Å². The van der Waals surface area contributed by atoms with Crippen molar-refractivity contribution in [2.45, 2.75) is 27.2 Å². The van der Waals surface area contributed by atoms with E-state index in [1.165, 1.54) is 11.1 Å². The number of benzene rings is 3. The molecule has 0 unspecified atom stereocenters. The highest BCUT2D eigenvalue weighted by Gasteiger charge is 2.25. The highest BCUT2D eigenvalue weighted by atomic mass is 16.5. The summed E-state index contributed by atoms with van der Waals surface area (Å²) in [4.78, 5) is 27.2. The van der Waals surface area contributed by atoms with Gasteiger partial charge in [-0.3, -0.25) is 0 Å². The van der Waals surface area contributed by atoms with E-state index in [-0.39, 0.29) is 6.03 Å². The van der Waals surface area contributed by atoms with Crippen molar-refractivity contribution in [1.29, 1.82) is 0 Å². The van der Waals surface area contributed by atoms with E-state index in [2.05, 4.69) is 72.6 Å². The van der Waals surface area contributed by atoms with Gasteiger partial charge in [0.2, 0.25) is 0 Å². The van der Waals surface area contributed by atoms with Crippen LogP contribution in [0, 0.1) is 13.8 Å². The molecule has 3 aromatic carbocycles. The van der Waals surface area contributed by atoms with Gasteiger partial charge in [-0.25, -0.2) is 14.8 Å². The third-order valence-electron chi connectivity index (χ3n) is 7.01. The van der Waals surface area contributed by atoms with E-state index < -0.39 is 0 Å². The molecule has 1 fully saturated rings. The number of amides is 2. The van der Waals surface area contributed by atoms with Gasteiger partial charge in [0.25, 0.3) is 0 Å². The molecule has 1 saturated heterocycles. The summed E-state index contributed by atoms with van der Waals surface area (Å²) in [6, 6.07) is 26.2. The van der Waals surface area contributed by atoms with E-state index in [0.29, 0.717) is 32.8 Å². The highest BCUT2D eigenvalue weighted by Crippen LogP contribution is 2.28. The van der Waals surface area contributed by atoms with Gasteiger partial charge in [-0.1, -0.05) is 60.2 Å². The van der Waals surface area contributed by atoms with E-state index in [1.807, 2.05) is 42.2 Å². The van der Waals surface area contributed by atoms with Crippen LogP contribution in [0.2, 0.25) is 0 Å². The summed E-state index contributed by atoms with van der Waals surface area (Å²) >= 11 is 0. The highest BCUT2D eigenvalue weighted by molar-refractivity contribution is 5.89. The van der Waals surface area contributed by atoms with Gasteiger partial charge in [0.1, 0.15) is 11.6 Å². The first-order valence-electron chi connectivity index (χ1n) is 13.5. The molecule has 39 heavy (non-hydrogen) atoms. The third kappa shape index (κ3) is 6.37. The van der Waals surface area contributed by atoms with E-state index in [0.717, 1.165) is 46.3 Å². The van der Waals surface area contributed by atoms with Crippen LogP contribution in [0.4, 0.5) is 16.3 Å². The second-order valence-corrected chi connectivity index (χ2v) is 9.82. The Morgan fingerprint density at radius 3 is 2.23 bits per heavy atom. The molecule has 200 valence electrons. The minimum atomic E-state index is -0.0949. The van der Waals surface area contributed by atoms with Crippen molar-refractivity contribution in [2.24, 2.45) is 0 Å². The molecule has 2 amide bonds. The smallest absolute Gasteiger partial charge is 0.321 e. The number of piperazine rings is 1. The summed E-state index contributed by atoms with van der Waals surface area (Å²) in [6.07, 6.45) is 0.759. The zero-order valence-corrected chi connectivity index (χ0v) is 22.9. The average molecular weight is 522 g/mol. The standard InChI is InChI=1S/C32H35N5O2/c1-4-39-28-16-14-27(15-17-28)34-32(38)37-20-18-36(19-21-37)31-29(22-25-8-6-5-7-9-25)24(3)33-30(35-31)26-12-10-23(2)11-13-26/h5-17H,4,18-22H2,1-3H3,(H,34,38). The molecule has 5 rings (SSSR count). The molecule has 0 atom stereocenters. The molecule has 0 radical (unpaired) electrons. The first-order valence-corrected chi connectivity index (χ1v) is 13.5. The number of nitrogens with one attached hydrogen (secondary N) is 1. The fraction of sp³-hybridized carbons (Fsp3) is 0.281. The van der Waals surface area contributed by atoms with Crippen LogP contribution in [0.1, 0.15) is 29.3 Å². The number of nitrogens with zero attached hydrogens (tertiary/aromatic N) is 4. The number of rotatable bonds is 7. The van der Waals surface area contributed by atoms with E-state index in [1.54, 1.807) is 0 Å². The molecule has 2 heterocycles. The maximum atomic E-state index is 13.0. The van der Waals surface area contributed by atoms with Gasteiger partial charge in [-0.2, -0.15) is 0 Å². The third-order valence-corrected chi connectivity index (χ3v) is 7.01. The van der Waals surface area contributed by atoms with Crippen molar-refractivity contribution >= 4 is 17.5 Å². The summed E-state index contributed by atoms with van der Waals surface area (Å²) < 4.78 is 5.49. The van der Waals surface area contributed by atoms with Gasteiger partial charge < -0.3 is 19.9 Å². The van der Waals surface area contributed by atoms with Crippen LogP contribution in [0.15, 0.2) is 78.9 Å². The zero-order chi connectivity index (χ0) is 27.2. The molecule has 0 spiro atoms. The quantitative estimate of drug-likeness (QED) is 0.318. The molecule has 0 saturated carbocycles. The molecule has 0 aliphatic carbocycles. The lowest BCUT2D eigenvalue weighted by molar-refractivity contribution is 0.208. The SMILES string of the molecule is CCOc1ccc(NC(=O)N2CCN(c3nc(-c4ccc(C)cc4)nc(C)c3Cc3ccccc3)CC2)cc1. The van der Waals surface area contributed by atoms with Crippen LogP contribution in [0.3, 0.4) is 0 Å². The zero-order valence-electron chi connectivity index (χ0n) is 22.9. The van der Waals surface area contributed by atoms with Crippen molar-refractivity contribution in [3.63, 3.8) is 0 Å². The molecule has 0 bridgehead atoms. The van der Waals surface area contributed by atoms with E-state index in [9.17, 15) is 4.79 Å². The van der Waals surface area contributed by atoms with Crippen LogP contribution >= 0.6 is 0 Å². The van der Waals surface area contributed by atoms with Crippen LogP contribution < -0.4 is 15.0 Å². The topological polar surface area (TPSA) is 70.6 Å². The molecular formula is C32H35N5O2. The number of aromatic nitrogens is 2. The summed E-state index contributed by atoms with van der Waals surface area (Å²) in [5, 5.41) is 3.01. The predicted molar refractivity (Wildman–Crippen MR) is 157 cm³/mol. The van der Waals surface area contributed by atoms with Gasteiger partial charge in [0.05, 0.1) is 6.61 Å². The second-order valence-electron chi connectivity index (χ2n) is 9.82. The summed E-state index contributed by atoms with van der Waals surface area (Å²) in [6.45, 7) is 9.32. The molecule has 7 heteroatoms. The van der Waals surface area contributed by atoms with Crippen LogP contribution in [-0.2, 0) is 6.42 Å². The van der Waals surface area contributed by atoms with Crippen molar-refractivity contribution in [1.82, 2.24) is 14.9 Å². The number of anilines is 2. The first kappa shape index (κ1) is 26.2. The monoisotopic (exact) mass is 521 g/mol. The van der Waals surface area contributed by atoms with Crippen LogP contribution in [0.5, 0.6) is 5.75 Å². The van der Waals surface area contributed by atoms with Gasteiger partial charge in [0, 0.05) is 55.1 Å². The largest absolute Gasteiger partial charge is 0.494 e. The van der Waals surface area contributed by atoms with Crippen molar-refractivity contribution < 1.29 is 9.53 Å². The number of aryl methyl sites for hydroxylation is 2. The molecule has 1 aliphatic rings.